The van der Waals surface area contributed by atoms with Gasteiger partial charge in [0.25, 0.3) is 0 Å². The minimum atomic E-state index is -1.78. The molecule has 28 atom stereocenters. The van der Waals surface area contributed by atoms with E-state index >= 15 is 0 Å². The molecule has 0 spiro atoms. The van der Waals surface area contributed by atoms with Gasteiger partial charge in [0.2, 0.25) is 0 Å². The lowest BCUT2D eigenvalue weighted by molar-refractivity contribution is -0.136. The molecule has 12 aliphatic rings. The standard InChI is InChI=1S/C33H55NO2Si.C27H50O2Si.C26H39NO3.C26H48O3Si.C6H6BrN.CH2Cl2/c1-24-15-17-33(7,26(20-24)21-36-37(8,9)31(3,4)5)30-16-18-32(6)25(2)13-14-29(32)28(30)23-35-22-27-12-10-11-19-34-27;1-19-12-14-27(7,21(16-19)18-29-30(8,9)25(3,4)5)24-13-15-26(6)20(2)10-11-23(26)22(24)17-28;1-18-7-8-23-22(17-30-16-20-6-4-5-13-27-20)24(10-12-25(18,23)2)26(3)11-9-21(29)14-19(26)15-28;1-18-11-13-25(5,19(15-18)17-29-30(7,8)24(2,3)4)22-12-14-26(6)21(20(22)16-27)9-10-23(26)28;7-5-6-3-1-2-4-8-6;2-1-3/h10-12,19,24,26,28-30H,2,13-18,20-23H2,1,3-9H3;19,21-24,28H,2,10-18H2,1,3-9H3;4-6,13,19,21-24,28-29H,1,7-12,14-17H2,2-3H3;18-22,27H,9-17H2,1-8H3;1-4H,5H2;1H2/t24-,26+,28-,29-,30-,32+,33-;19-,21+,22-,23-,24-,26+,27-;19-,21+,22+,23+,24+,25-,26+;18-,19+,20-,21-,22-,25-,26-;;/m0010../s1. The molecule has 12 aliphatic carbocycles. The first-order valence-electron chi connectivity index (χ1n) is 55.1. The molecule has 13 nitrogen and oxygen atoms in total. The van der Waals surface area contributed by atoms with Crippen molar-refractivity contribution in [3.8, 4) is 0 Å². The predicted molar refractivity (Wildman–Crippen MR) is 588 cm³/mol. The van der Waals surface area contributed by atoms with E-state index in [0.29, 0.717) is 114 Å². The van der Waals surface area contributed by atoms with Crippen molar-refractivity contribution in [2.75, 3.05) is 58.2 Å². The molecule has 19 heteroatoms. The van der Waals surface area contributed by atoms with Gasteiger partial charge in [-0.3, -0.25) is 19.7 Å². The van der Waals surface area contributed by atoms with Gasteiger partial charge < -0.3 is 43.2 Å². The number of Topliss-reactive ketones (excluding diaryl/α,β-unsaturated/α-hetero) is 1. The van der Waals surface area contributed by atoms with Crippen molar-refractivity contribution in [1.29, 1.82) is 0 Å². The lowest BCUT2D eigenvalue weighted by atomic mass is 9.49. The molecule has 784 valence electrons. The van der Waals surface area contributed by atoms with Gasteiger partial charge in [0.1, 0.15) is 5.78 Å². The first kappa shape index (κ1) is 118. The number of aliphatic hydroxyl groups excluding tert-OH is 4. The summed E-state index contributed by atoms with van der Waals surface area (Å²) in [6.07, 6.45) is 37.8. The molecule has 0 amide bonds. The molecule has 3 aromatic heterocycles. The Balaban J connectivity index is 0.000000183. The Morgan fingerprint density at radius 3 is 0.971 bits per heavy atom. The summed E-state index contributed by atoms with van der Waals surface area (Å²) in [5.74, 6) is 11.0. The summed E-state index contributed by atoms with van der Waals surface area (Å²) in [5.41, 5.74) is 8.86. The zero-order chi connectivity index (χ0) is 102. The highest BCUT2D eigenvalue weighted by Gasteiger charge is 2.63. The van der Waals surface area contributed by atoms with Gasteiger partial charge in [-0.25, -0.2) is 0 Å². The van der Waals surface area contributed by atoms with Crippen LogP contribution < -0.4 is 0 Å². The van der Waals surface area contributed by atoms with Crippen LogP contribution in [0, 0.1) is 156 Å². The minimum Gasteiger partial charge on any atom is -0.417 e. The van der Waals surface area contributed by atoms with Gasteiger partial charge in [0, 0.05) is 75.4 Å². The Morgan fingerprint density at radius 1 is 0.384 bits per heavy atom. The van der Waals surface area contributed by atoms with Crippen molar-refractivity contribution in [1.82, 2.24) is 15.0 Å². The number of aromatic nitrogens is 3. The van der Waals surface area contributed by atoms with Crippen molar-refractivity contribution in [3.05, 3.63) is 127 Å². The number of hydrogen-bond donors (Lipinski definition) is 4. The Kier molecular flexibility index (Phi) is 41.4. The average molecular weight is 2070 g/mol. The Bertz CT molecular complexity index is 4210. The summed E-state index contributed by atoms with van der Waals surface area (Å²) in [4.78, 5) is 25.6. The van der Waals surface area contributed by atoms with Crippen LogP contribution in [0.3, 0.4) is 0 Å². The number of halogens is 3. The van der Waals surface area contributed by atoms with Gasteiger partial charge in [-0.15, -0.1) is 23.2 Å². The van der Waals surface area contributed by atoms with Crippen LogP contribution in [0.15, 0.2) is 110 Å². The predicted octanol–water partition coefficient (Wildman–Crippen LogP) is 31.1. The number of aliphatic hydroxyl groups is 4. The van der Waals surface area contributed by atoms with Crippen LogP contribution in [0.2, 0.25) is 54.4 Å². The SMILES string of the molecule is BrCc1ccccn1.C=C1CC[C@H]2[C@H](CO)[C@@H]([C@@]3(C)CC[C@H](C)C[C@@H]3CO[Si](C)(C)C(C)(C)C)CC[C@]12C.C=C1CC[C@H]2[C@H](COCc3ccccn3)[C@@H]([C@@]3(C)CC[C@H](C)C[C@@H]3CO[Si](C)(C)C(C)(C)C)CC[C@]12C.C=C1CC[C@H]2[C@H](COCc3ccccn3)[C@@H]([C@@]3(C)CC[C@H](O)C[C@@H]3CO)CC[C@]12C.C[C@H]1CC[C@](C)([C@H]2CC[C@]3(C)C(=O)CC[C@H]3[C@@H]2CO)[C@@H](CO[Si](C)(C)C(C)(C)C)C1.ClCCl. The van der Waals surface area contributed by atoms with Crippen molar-refractivity contribution in [2.24, 2.45) is 156 Å². The van der Waals surface area contributed by atoms with Crippen LogP contribution in [-0.2, 0) is 46.1 Å². The van der Waals surface area contributed by atoms with E-state index in [1.807, 2.05) is 54.9 Å². The third-order valence-corrected chi connectivity index (χ3v) is 57.1. The number of carbonyl (C=O) groups excluding carboxylic acids is 1. The molecule has 0 aromatic carbocycles. The molecule has 0 radical (unpaired) electrons. The number of allylic oxidation sites excluding steroid dienone is 3. The first-order chi connectivity index (χ1) is 64.5. The highest BCUT2D eigenvalue weighted by Crippen LogP contribution is 2.69. The topological polar surface area (TPSA) is 183 Å². The second-order valence-electron chi connectivity index (χ2n) is 53.6. The molecule has 0 saturated heterocycles. The van der Waals surface area contributed by atoms with Gasteiger partial charge in [-0.05, 0) is 395 Å². The second-order valence-corrected chi connectivity index (χ2v) is 69.4. The van der Waals surface area contributed by atoms with E-state index in [2.05, 4.69) is 241 Å². The van der Waals surface area contributed by atoms with E-state index in [4.69, 9.17) is 46.0 Å². The summed E-state index contributed by atoms with van der Waals surface area (Å²) >= 11 is 12.8. The lowest BCUT2D eigenvalue weighted by Crippen LogP contribution is -2.53. The fourth-order valence-electron chi connectivity index (χ4n) is 29.8. The highest BCUT2D eigenvalue weighted by atomic mass is 79.9. The molecule has 138 heavy (non-hydrogen) atoms. The van der Waals surface area contributed by atoms with Crippen molar-refractivity contribution >= 4 is 69.9 Å². The molecule has 3 aromatic rings. The maximum absolute atomic E-state index is 12.7. The fraction of sp³-hybridized carbons (Fsp3) is 0.815. The van der Waals surface area contributed by atoms with E-state index in [9.17, 15) is 25.2 Å². The Labute approximate surface area is 864 Å². The van der Waals surface area contributed by atoms with Crippen LogP contribution >= 0.6 is 39.1 Å². The number of alkyl halides is 3. The minimum absolute atomic E-state index is 0.0538. The molecule has 4 N–H and O–H groups in total. The van der Waals surface area contributed by atoms with Crippen molar-refractivity contribution in [3.63, 3.8) is 0 Å². The van der Waals surface area contributed by atoms with Crippen molar-refractivity contribution < 1.29 is 48.0 Å². The highest BCUT2D eigenvalue weighted by molar-refractivity contribution is 9.08. The Morgan fingerprint density at radius 2 is 0.674 bits per heavy atom. The normalized spacial score (nSPS) is 38.3. The fourth-order valence-corrected chi connectivity index (χ4v) is 33.3. The molecule has 0 unspecified atom stereocenters. The van der Waals surface area contributed by atoms with Gasteiger partial charge in [0.05, 0.1) is 55.0 Å². The zero-order valence-corrected chi connectivity index (χ0v) is 98.2. The molecule has 15 rings (SSSR count). The number of ether oxygens (including phenoxy) is 2. The number of carbonyl (C=O) groups is 1. The van der Waals surface area contributed by atoms with Crippen LogP contribution in [0.4, 0.5) is 0 Å². The summed E-state index contributed by atoms with van der Waals surface area (Å²) in [5, 5.41) is 43.4. The number of ketones is 1. The van der Waals surface area contributed by atoms with Crippen LogP contribution in [-0.4, -0.2) is 130 Å². The maximum Gasteiger partial charge on any atom is 0.191 e. The molecule has 12 saturated carbocycles. The number of rotatable bonds is 25. The quantitative estimate of drug-likeness (QED) is 0.0357. The summed E-state index contributed by atoms with van der Waals surface area (Å²) in [7, 11) is -5.32. The third-order valence-electron chi connectivity index (χ3n) is 43.0. The molecular weight excluding hydrogens is 1870 g/mol. The monoisotopic (exact) mass is 2060 g/mol. The Hall–Kier alpha value is -2.31. The lowest BCUT2D eigenvalue weighted by Gasteiger charge is -2.57. The zero-order valence-electron chi connectivity index (χ0n) is 92.1. The molecule has 3 heterocycles. The maximum atomic E-state index is 12.7. The van der Waals surface area contributed by atoms with Crippen LogP contribution in [0.1, 0.15) is 335 Å². The van der Waals surface area contributed by atoms with Gasteiger partial charge in [-0.2, -0.15) is 0 Å². The van der Waals surface area contributed by atoms with Crippen molar-refractivity contribution in [2.45, 2.75) is 397 Å². The summed E-state index contributed by atoms with van der Waals surface area (Å²) in [6, 6.07) is 17.9. The number of nitrogens with zero attached hydrogens (tertiary/aromatic N) is 3. The first-order valence-corrected chi connectivity index (χ1v) is 66.0. The summed E-state index contributed by atoms with van der Waals surface area (Å²) < 4.78 is 33.4. The van der Waals surface area contributed by atoms with E-state index in [-0.39, 0.29) is 89.5 Å². The number of pyridine rings is 3. The number of fused-ring (bicyclic) bond motifs is 4. The molecule has 12 fully saturated rings. The largest absolute Gasteiger partial charge is 0.417 e. The van der Waals surface area contributed by atoms with E-state index in [1.54, 1.807) is 6.20 Å². The van der Waals surface area contributed by atoms with Crippen LogP contribution in [0.5, 0.6) is 0 Å². The van der Waals surface area contributed by atoms with Gasteiger partial charge >= 0.3 is 0 Å². The number of hydrogen-bond acceptors (Lipinski definition) is 13. The third kappa shape index (κ3) is 26.4. The molecule has 0 bridgehead atoms. The van der Waals surface area contributed by atoms with Gasteiger partial charge in [0.15, 0.2) is 25.0 Å². The van der Waals surface area contributed by atoms with E-state index < -0.39 is 25.0 Å². The van der Waals surface area contributed by atoms with E-state index in [0.717, 1.165) is 137 Å². The smallest absolute Gasteiger partial charge is 0.191 e. The molecule has 0 aliphatic heterocycles. The van der Waals surface area contributed by atoms with Crippen LogP contribution in [0.25, 0.3) is 0 Å². The summed E-state index contributed by atoms with van der Waals surface area (Å²) in [6.45, 7) is 82.1. The second kappa shape index (κ2) is 48.5. The molecular formula is C119H200BrCl2N3O10Si3. The van der Waals surface area contributed by atoms with E-state index in [1.165, 1.54) is 132 Å². The van der Waals surface area contributed by atoms with Gasteiger partial charge in [-0.1, -0.05) is 228 Å². The average Bonchev–Trinajstić information content (AvgIpc) is 1.51.